The third kappa shape index (κ3) is 5.62. The molecule has 1 heterocycles. The molecule has 102 valence electrons. The van der Waals surface area contributed by atoms with Crippen molar-refractivity contribution < 1.29 is 9.47 Å². The van der Waals surface area contributed by atoms with Gasteiger partial charge in [0.2, 0.25) is 11.9 Å². The Labute approximate surface area is 107 Å². The second-order valence-electron chi connectivity index (χ2n) is 3.63. The fraction of sp³-hybridized carbons (Fsp3) is 0.727. The molecule has 0 saturated heterocycles. The average molecular weight is 255 g/mol. The van der Waals surface area contributed by atoms with Gasteiger partial charge in [0.05, 0.1) is 6.61 Å². The molecule has 0 amide bonds. The number of hydrogen-bond donors (Lipinski definition) is 2. The standard InChI is InChI=1S/C11H21N5O2/c1-3-7-17-8-5-6-13-10-14-9(12)15-11(16-10)18-4-2/h3-8H2,1-2H3,(H3,12,13,14,15,16). The molecule has 3 N–H and O–H groups in total. The first kappa shape index (κ1) is 14.4. The summed E-state index contributed by atoms with van der Waals surface area (Å²) < 4.78 is 10.5. The maximum atomic E-state index is 5.55. The summed E-state index contributed by atoms with van der Waals surface area (Å²) in [5, 5.41) is 3.06. The van der Waals surface area contributed by atoms with E-state index in [1.807, 2.05) is 6.92 Å². The Morgan fingerprint density at radius 2 is 2.00 bits per heavy atom. The fourth-order valence-corrected chi connectivity index (χ4v) is 1.27. The average Bonchev–Trinajstić information content (AvgIpc) is 2.33. The topological polar surface area (TPSA) is 95.2 Å². The van der Waals surface area contributed by atoms with Crippen LogP contribution in [0.4, 0.5) is 11.9 Å². The highest BCUT2D eigenvalue weighted by Crippen LogP contribution is 2.08. The summed E-state index contributed by atoms with van der Waals surface area (Å²) >= 11 is 0. The van der Waals surface area contributed by atoms with Crippen molar-refractivity contribution >= 4 is 11.9 Å². The van der Waals surface area contributed by atoms with E-state index in [1.54, 1.807) is 0 Å². The second kappa shape index (κ2) is 8.46. The van der Waals surface area contributed by atoms with Crippen LogP contribution in [0.25, 0.3) is 0 Å². The number of aromatic nitrogens is 3. The minimum Gasteiger partial charge on any atom is -0.464 e. The Hall–Kier alpha value is -1.63. The van der Waals surface area contributed by atoms with Crippen LogP contribution < -0.4 is 15.8 Å². The first-order chi connectivity index (χ1) is 8.76. The van der Waals surface area contributed by atoms with Crippen LogP contribution >= 0.6 is 0 Å². The monoisotopic (exact) mass is 255 g/mol. The van der Waals surface area contributed by atoms with Crippen molar-refractivity contribution in [1.82, 2.24) is 15.0 Å². The molecular formula is C11H21N5O2. The molecule has 0 spiro atoms. The SMILES string of the molecule is CCCOCCCNc1nc(N)nc(OCC)n1. The van der Waals surface area contributed by atoms with Gasteiger partial charge in [-0.1, -0.05) is 6.92 Å². The smallest absolute Gasteiger partial charge is 0.323 e. The van der Waals surface area contributed by atoms with Gasteiger partial charge in [-0.3, -0.25) is 0 Å². The van der Waals surface area contributed by atoms with E-state index in [4.69, 9.17) is 15.2 Å². The Morgan fingerprint density at radius 1 is 1.17 bits per heavy atom. The van der Waals surface area contributed by atoms with E-state index in [0.717, 1.165) is 32.6 Å². The molecule has 0 unspecified atom stereocenters. The Bertz CT molecular complexity index is 348. The molecule has 0 aliphatic heterocycles. The largest absolute Gasteiger partial charge is 0.464 e. The lowest BCUT2D eigenvalue weighted by Crippen LogP contribution is -2.11. The van der Waals surface area contributed by atoms with Crippen molar-refractivity contribution in [3.05, 3.63) is 0 Å². The van der Waals surface area contributed by atoms with Crippen LogP contribution in [0.1, 0.15) is 26.7 Å². The molecule has 0 aliphatic carbocycles. The fourth-order valence-electron chi connectivity index (χ4n) is 1.27. The van der Waals surface area contributed by atoms with Gasteiger partial charge in [0.25, 0.3) is 0 Å². The van der Waals surface area contributed by atoms with E-state index in [9.17, 15) is 0 Å². The molecule has 7 heteroatoms. The maximum absolute atomic E-state index is 5.55. The molecule has 0 atom stereocenters. The van der Waals surface area contributed by atoms with Crippen molar-refractivity contribution in [1.29, 1.82) is 0 Å². The minimum absolute atomic E-state index is 0.151. The van der Waals surface area contributed by atoms with E-state index in [2.05, 4.69) is 27.2 Å². The molecule has 0 saturated carbocycles. The summed E-state index contributed by atoms with van der Waals surface area (Å²) in [6.45, 7) is 6.68. The molecule has 0 bridgehead atoms. The molecule has 1 aromatic rings. The third-order valence-electron chi connectivity index (χ3n) is 2.00. The van der Waals surface area contributed by atoms with Gasteiger partial charge in [0.1, 0.15) is 0 Å². The Kier molecular flexibility index (Phi) is 6.78. The van der Waals surface area contributed by atoms with Gasteiger partial charge in [0.15, 0.2) is 0 Å². The molecule has 1 aromatic heterocycles. The number of nitrogen functional groups attached to an aromatic ring is 1. The molecule has 0 aliphatic rings. The number of ether oxygens (including phenoxy) is 2. The zero-order valence-electron chi connectivity index (χ0n) is 11.0. The van der Waals surface area contributed by atoms with E-state index in [-0.39, 0.29) is 12.0 Å². The lowest BCUT2D eigenvalue weighted by atomic mass is 10.4. The number of nitrogens with two attached hydrogens (primary N) is 1. The van der Waals surface area contributed by atoms with Crippen molar-refractivity contribution in [3.63, 3.8) is 0 Å². The number of nitrogens with one attached hydrogen (secondary N) is 1. The summed E-state index contributed by atoms with van der Waals surface area (Å²) in [4.78, 5) is 11.9. The quantitative estimate of drug-likeness (QED) is 0.637. The van der Waals surface area contributed by atoms with E-state index in [0.29, 0.717) is 12.6 Å². The highest BCUT2D eigenvalue weighted by molar-refractivity contribution is 5.32. The lowest BCUT2D eigenvalue weighted by Gasteiger charge is -2.07. The van der Waals surface area contributed by atoms with Crippen LogP contribution in [0, 0.1) is 0 Å². The van der Waals surface area contributed by atoms with Gasteiger partial charge >= 0.3 is 6.01 Å². The first-order valence-corrected chi connectivity index (χ1v) is 6.22. The second-order valence-corrected chi connectivity index (χ2v) is 3.63. The van der Waals surface area contributed by atoms with Gasteiger partial charge in [-0.2, -0.15) is 15.0 Å². The van der Waals surface area contributed by atoms with Crippen molar-refractivity contribution in [2.45, 2.75) is 26.7 Å². The normalized spacial score (nSPS) is 10.3. The predicted octanol–water partition coefficient (Wildman–Crippen LogP) is 1.08. The van der Waals surface area contributed by atoms with Crippen LogP contribution in [0.15, 0.2) is 0 Å². The minimum atomic E-state index is 0.151. The van der Waals surface area contributed by atoms with Gasteiger partial charge in [-0.25, -0.2) is 0 Å². The number of anilines is 2. The molecule has 18 heavy (non-hydrogen) atoms. The summed E-state index contributed by atoms with van der Waals surface area (Å²) in [5.41, 5.74) is 5.55. The van der Waals surface area contributed by atoms with Crippen molar-refractivity contribution in [3.8, 4) is 6.01 Å². The Morgan fingerprint density at radius 3 is 2.72 bits per heavy atom. The molecule has 1 rings (SSSR count). The molecule has 0 aromatic carbocycles. The van der Waals surface area contributed by atoms with Gasteiger partial charge in [0, 0.05) is 19.8 Å². The lowest BCUT2D eigenvalue weighted by molar-refractivity contribution is 0.134. The van der Waals surface area contributed by atoms with Crippen LogP contribution in [0.2, 0.25) is 0 Å². The molecule has 0 radical (unpaired) electrons. The zero-order valence-corrected chi connectivity index (χ0v) is 11.0. The van der Waals surface area contributed by atoms with Crippen LogP contribution in [-0.2, 0) is 4.74 Å². The maximum Gasteiger partial charge on any atom is 0.323 e. The summed E-state index contributed by atoms with van der Waals surface area (Å²) in [6.07, 6.45) is 1.92. The highest BCUT2D eigenvalue weighted by Gasteiger charge is 2.04. The number of nitrogens with zero attached hydrogens (tertiary/aromatic N) is 3. The van der Waals surface area contributed by atoms with Crippen LogP contribution in [0.3, 0.4) is 0 Å². The number of rotatable bonds is 9. The van der Waals surface area contributed by atoms with Gasteiger partial charge in [-0.05, 0) is 19.8 Å². The van der Waals surface area contributed by atoms with Crippen molar-refractivity contribution in [2.75, 3.05) is 37.4 Å². The molecule has 7 nitrogen and oxygen atoms in total. The van der Waals surface area contributed by atoms with E-state index in [1.165, 1.54) is 0 Å². The van der Waals surface area contributed by atoms with Crippen molar-refractivity contribution in [2.24, 2.45) is 0 Å². The zero-order chi connectivity index (χ0) is 13.2. The summed E-state index contributed by atoms with van der Waals surface area (Å²) in [7, 11) is 0. The van der Waals surface area contributed by atoms with Crippen LogP contribution in [-0.4, -0.2) is 41.3 Å². The van der Waals surface area contributed by atoms with Gasteiger partial charge < -0.3 is 20.5 Å². The first-order valence-electron chi connectivity index (χ1n) is 6.22. The highest BCUT2D eigenvalue weighted by atomic mass is 16.5. The predicted molar refractivity (Wildman–Crippen MR) is 69.6 cm³/mol. The van der Waals surface area contributed by atoms with E-state index < -0.39 is 0 Å². The summed E-state index contributed by atoms with van der Waals surface area (Å²) in [5.74, 6) is 0.583. The third-order valence-corrected chi connectivity index (χ3v) is 2.00. The molecule has 0 fully saturated rings. The van der Waals surface area contributed by atoms with E-state index >= 15 is 0 Å². The molecular weight excluding hydrogens is 234 g/mol. The van der Waals surface area contributed by atoms with Gasteiger partial charge in [-0.15, -0.1) is 0 Å². The Balaban J connectivity index is 2.32. The summed E-state index contributed by atoms with van der Waals surface area (Å²) in [6, 6.07) is 0.245. The van der Waals surface area contributed by atoms with Crippen LogP contribution in [0.5, 0.6) is 6.01 Å². The number of hydrogen-bond acceptors (Lipinski definition) is 7.